The Morgan fingerprint density at radius 2 is 2.00 bits per heavy atom. The molecule has 1 N–H and O–H groups in total. The summed E-state index contributed by atoms with van der Waals surface area (Å²) >= 11 is 0. The topological polar surface area (TPSA) is 12.0 Å². The number of rotatable bonds is 4. The second-order valence-electron chi connectivity index (χ2n) is 3.73. The van der Waals surface area contributed by atoms with Crippen LogP contribution >= 0.6 is 0 Å². The van der Waals surface area contributed by atoms with Crippen LogP contribution in [0.1, 0.15) is 20.3 Å². The summed E-state index contributed by atoms with van der Waals surface area (Å²) in [6.45, 7) is 4.84. The lowest BCUT2D eigenvalue weighted by molar-refractivity contribution is 0.591. The van der Waals surface area contributed by atoms with E-state index in [0.717, 1.165) is 18.6 Å². The highest BCUT2D eigenvalue weighted by Crippen LogP contribution is 2.15. The molecule has 0 aliphatic carbocycles. The maximum atomic E-state index is 13.1. The van der Waals surface area contributed by atoms with E-state index in [4.69, 9.17) is 0 Å². The molecule has 1 nitrogen and oxygen atoms in total. The summed E-state index contributed by atoms with van der Waals surface area (Å²) in [5.41, 5.74) is 0.241. The number of nitrogens with one attached hydrogen (secondary N) is 1. The molecule has 3 heteroatoms. The number of benzene rings is 1. The van der Waals surface area contributed by atoms with Crippen LogP contribution in [-0.2, 0) is 0 Å². The van der Waals surface area contributed by atoms with Crippen molar-refractivity contribution in [2.75, 3.05) is 11.9 Å². The van der Waals surface area contributed by atoms with Crippen LogP contribution in [0.4, 0.5) is 14.5 Å². The van der Waals surface area contributed by atoms with Gasteiger partial charge in [0.15, 0.2) is 0 Å². The minimum absolute atomic E-state index is 0.241. The Balaban J connectivity index is 2.53. The molecule has 14 heavy (non-hydrogen) atoms. The molecule has 0 bridgehead atoms. The van der Waals surface area contributed by atoms with Crippen molar-refractivity contribution in [2.45, 2.75) is 20.3 Å². The van der Waals surface area contributed by atoms with Crippen LogP contribution < -0.4 is 5.32 Å². The second kappa shape index (κ2) is 4.94. The van der Waals surface area contributed by atoms with Gasteiger partial charge in [-0.1, -0.05) is 13.8 Å². The zero-order chi connectivity index (χ0) is 10.6. The Kier molecular flexibility index (Phi) is 3.86. The molecule has 0 spiro atoms. The van der Waals surface area contributed by atoms with Gasteiger partial charge in [-0.25, -0.2) is 8.78 Å². The SMILES string of the molecule is CC(C)CCNc1cc(F)ccc1F. The lowest BCUT2D eigenvalue weighted by Gasteiger charge is -2.08. The van der Waals surface area contributed by atoms with Crippen LogP contribution in [0, 0.1) is 17.6 Å². The maximum Gasteiger partial charge on any atom is 0.146 e. The molecule has 0 heterocycles. The molecule has 0 fully saturated rings. The number of hydrogen-bond donors (Lipinski definition) is 1. The Morgan fingerprint density at radius 3 is 2.64 bits per heavy atom. The summed E-state index contributed by atoms with van der Waals surface area (Å²) < 4.78 is 25.8. The fraction of sp³-hybridized carbons (Fsp3) is 0.455. The monoisotopic (exact) mass is 199 g/mol. The van der Waals surface area contributed by atoms with Gasteiger partial charge in [0.1, 0.15) is 11.6 Å². The molecule has 0 atom stereocenters. The van der Waals surface area contributed by atoms with E-state index < -0.39 is 11.6 Å². The zero-order valence-corrected chi connectivity index (χ0v) is 8.48. The predicted molar refractivity (Wildman–Crippen MR) is 54.3 cm³/mol. The number of halogens is 2. The summed E-state index contributed by atoms with van der Waals surface area (Å²) in [7, 11) is 0. The van der Waals surface area contributed by atoms with E-state index in [1.807, 2.05) is 0 Å². The highest BCUT2D eigenvalue weighted by atomic mass is 19.1. The molecule has 0 aliphatic heterocycles. The smallest absolute Gasteiger partial charge is 0.146 e. The van der Waals surface area contributed by atoms with Crippen LogP contribution in [0.3, 0.4) is 0 Å². The van der Waals surface area contributed by atoms with Crippen molar-refractivity contribution in [3.63, 3.8) is 0 Å². The quantitative estimate of drug-likeness (QED) is 0.783. The first-order chi connectivity index (χ1) is 6.59. The first kappa shape index (κ1) is 11.0. The van der Waals surface area contributed by atoms with Crippen molar-refractivity contribution >= 4 is 5.69 Å². The van der Waals surface area contributed by atoms with E-state index in [-0.39, 0.29) is 5.69 Å². The fourth-order valence-electron chi connectivity index (χ4n) is 1.13. The molecule has 0 saturated carbocycles. The van der Waals surface area contributed by atoms with E-state index in [0.29, 0.717) is 12.5 Å². The van der Waals surface area contributed by atoms with Crippen molar-refractivity contribution in [1.29, 1.82) is 0 Å². The van der Waals surface area contributed by atoms with Gasteiger partial charge in [0.25, 0.3) is 0 Å². The fourth-order valence-corrected chi connectivity index (χ4v) is 1.13. The van der Waals surface area contributed by atoms with E-state index in [1.54, 1.807) is 0 Å². The van der Waals surface area contributed by atoms with Crippen LogP contribution in [-0.4, -0.2) is 6.54 Å². The molecular weight excluding hydrogens is 184 g/mol. The van der Waals surface area contributed by atoms with Gasteiger partial charge in [0.2, 0.25) is 0 Å². The molecule has 78 valence electrons. The second-order valence-corrected chi connectivity index (χ2v) is 3.73. The molecular formula is C11H15F2N. The third kappa shape index (κ3) is 3.32. The standard InChI is InChI=1S/C11H15F2N/c1-8(2)5-6-14-11-7-9(12)3-4-10(11)13/h3-4,7-8,14H,5-6H2,1-2H3. The summed E-state index contributed by atoms with van der Waals surface area (Å²) in [5, 5.41) is 2.87. The lowest BCUT2D eigenvalue weighted by atomic mass is 10.1. The average Bonchev–Trinajstić information content (AvgIpc) is 2.10. The van der Waals surface area contributed by atoms with Crippen molar-refractivity contribution in [1.82, 2.24) is 0 Å². The third-order valence-corrected chi connectivity index (χ3v) is 1.97. The Bertz CT molecular complexity index is 297. The van der Waals surface area contributed by atoms with Crippen molar-refractivity contribution in [3.05, 3.63) is 29.8 Å². The maximum absolute atomic E-state index is 13.1. The Hall–Kier alpha value is -1.12. The summed E-state index contributed by atoms with van der Waals surface area (Å²) in [6.07, 6.45) is 0.940. The highest BCUT2D eigenvalue weighted by Gasteiger charge is 2.02. The van der Waals surface area contributed by atoms with Crippen molar-refractivity contribution in [2.24, 2.45) is 5.92 Å². The third-order valence-electron chi connectivity index (χ3n) is 1.97. The minimum atomic E-state index is -0.418. The Labute approximate surface area is 83.1 Å². The van der Waals surface area contributed by atoms with Crippen LogP contribution in [0.5, 0.6) is 0 Å². The van der Waals surface area contributed by atoms with Gasteiger partial charge in [0.05, 0.1) is 5.69 Å². The highest BCUT2D eigenvalue weighted by molar-refractivity contribution is 5.44. The first-order valence-corrected chi connectivity index (χ1v) is 4.78. The van der Waals surface area contributed by atoms with Crippen LogP contribution in [0.25, 0.3) is 0 Å². The molecule has 0 amide bonds. The normalized spacial score (nSPS) is 10.6. The van der Waals surface area contributed by atoms with Crippen LogP contribution in [0.2, 0.25) is 0 Å². The first-order valence-electron chi connectivity index (χ1n) is 4.78. The van der Waals surface area contributed by atoms with Gasteiger partial charge >= 0.3 is 0 Å². The molecule has 1 rings (SSSR count). The average molecular weight is 199 g/mol. The van der Waals surface area contributed by atoms with E-state index in [2.05, 4.69) is 19.2 Å². The van der Waals surface area contributed by atoms with Crippen molar-refractivity contribution < 1.29 is 8.78 Å². The minimum Gasteiger partial charge on any atom is -0.383 e. The zero-order valence-electron chi connectivity index (χ0n) is 8.48. The Morgan fingerprint density at radius 1 is 1.29 bits per heavy atom. The van der Waals surface area contributed by atoms with E-state index >= 15 is 0 Å². The lowest BCUT2D eigenvalue weighted by Crippen LogP contribution is -2.06. The van der Waals surface area contributed by atoms with E-state index in [9.17, 15) is 8.78 Å². The van der Waals surface area contributed by atoms with Crippen molar-refractivity contribution in [3.8, 4) is 0 Å². The summed E-state index contributed by atoms with van der Waals surface area (Å²) in [5.74, 6) is -0.271. The molecule has 0 unspecified atom stereocenters. The number of anilines is 1. The molecule has 0 aromatic heterocycles. The molecule has 1 aromatic rings. The van der Waals surface area contributed by atoms with Gasteiger partial charge in [-0.05, 0) is 30.5 Å². The molecule has 0 saturated heterocycles. The summed E-state index contributed by atoms with van der Waals surface area (Å²) in [6, 6.07) is 3.42. The predicted octanol–water partition coefficient (Wildman–Crippen LogP) is 3.42. The molecule has 1 aromatic carbocycles. The van der Waals surface area contributed by atoms with Gasteiger partial charge in [-0.15, -0.1) is 0 Å². The summed E-state index contributed by atoms with van der Waals surface area (Å²) in [4.78, 5) is 0. The van der Waals surface area contributed by atoms with Gasteiger partial charge in [0, 0.05) is 6.54 Å². The van der Waals surface area contributed by atoms with Gasteiger partial charge < -0.3 is 5.32 Å². The van der Waals surface area contributed by atoms with Gasteiger partial charge in [-0.3, -0.25) is 0 Å². The van der Waals surface area contributed by atoms with E-state index in [1.165, 1.54) is 6.07 Å². The van der Waals surface area contributed by atoms with Crippen LogP contribution in [0.15, 0.2) is 18.2 Å². The molecule has 0 radical (unpaired) electrons. The van der Waals surface area contributed by atoms with Gasteiger partial charge in [-0.2, -0.15) is 0 Å². The molecule has 0 aliphatic rings. The largest absolute Gasteiger partial charge is 0.383 e. The number of hydrogen-bond acceptors (Lipinski definition) is 1.